The number of nitrogens with one attached hydrogen (secondary N) is 1. The van der Waals surface area contributed by atoms with Gasteiger partial charge >= 0.3 is 0 Å². The van der Waals surface area contributed by atoms with Crippen molar-refractivity contribution in [2.75, 3.05) is 6.61 Å². The van der Waals surface area contributed by atoms with Crippen molar-refractivity contribution in [2.45, 2.75) is 38.3 Å². The predicted octanol–water partition coefficient (Wildman–Crippen LogP) is 0.539. The lowest BCUT2D eigenvalue weighted by Crippen LogP contribution is -2.46. The molecule has 0 aliphatic carbocycles. The number of phenolic OH excluding ortho intramolecular Hbond substituents is 1. The largest absolute Gasteiger partial charge is 0.508 e. The van der Waals surface area contributed by atoms with Gasteiger partial charge in [0.2, 0.25) is 5.91 Å². The van der Waals surface area contributed by atoms with Gasteiger partial charge < -0.3 is 21.3 Å². The molecular formula is C14H22N2O3. The Hall–Kier alpha value is -1.59. The Bertz CT molecular complexity index is 392. The van der Waals surface area contributed by atoms with Crippen LogP contribution >= 0.6 is 0 Å². The highest BCUT2D eigenvalue weighted by molar-refractivity contribution is 5.82. The molecule has 0 bridgehead atoms. The number of amides is 1. The molecule has 0 saturated carbocycles. The van der Waals surface area contributed by atoms with Crippen LogP contribution in [0.25, 0.3) is 0 Å². The maximum absolute atomic E-state index is 11.9. The van der Waals surface area contributed by atoms with Gasteiger partial charge in [-0.05, 0) is 37.0 Å². The summed E-state index contributed by atoms with van der Waals surface area (Å²) in [5.74, 6) is -0.0239. The maximum atomic E-state index is 11.9. The van der Waals surface area contributed by atoms with Crippen molar-refractivity contribution in [1.29, 1.82) is 0 Å². The molecule has 1 amide bonds. The number of benzene rings is 1. The van der Waals surface area contributed by atoms with Crippen molar-refractivity contribution in [3.05, 3.63) is 29.8 Å². The molecule has 0 saturated heterocycles. The van der Waals surface area contributed by atoms with E-state index < -0.39 is 6.04 Å². The number of carbonyl (C=O) groups excluding carboxylic acids is 1. The third-order valence-corrected chi connectivity index (χ3v) is 3.05. The molecule has 0 aliphatic heterocycles. The van der Waals surface area contributed by atoms with E-state index in [4.69, 9.17) is 10.8 Å². The Morgan fingerprint density at radius 2 is 2.00 bits per heavy atom. The molecule has 0 aliphatic rings. The first-order chi connectivity index (χ1) is 9.06. The van der Waals surface area contributed by atoms with Crippen molar-refractivity contribution in [2.24, 2.45) is 5.73 Å². The number of rotatable bonds is 7. The Kier molecular flexibility index (Phi) is 6.32. The summed E-state index contributed by atoms with van der Waals surface area (Å²) in [6, 6.07) is 5.96. The van der Waals surface area contributed by atoms with E-state index in [9.17, 15) is 9.90 Å². The Balaban J connectivity index is 2.50. The number of nitrogens with two attached hydrogens (primary N) is 1. The molecule has 1 aromatic carbocycles. The van der Waals surface area contributed by atoms with Crippen molar-refractivity contribution >= 4 is 5.91 Å². The summed E-state index contributed by atoms with van der Waals surface area (Å²) in [6.45, 7) is 2.00. The number of aliphatic hydroxyl groups excluding tert-OH is 1. The maximum Gasteiger partial charge on any atom is 0.237 e. The molecule has 0 heterocycles. The monoisotopic (exact) mass is 266 g/mol. The van der Waals surface area contributed by atoms with Gasteiger partial charge in [0.25, 0.3) is 0 Å². The molecule has 5 heteroatoms. The molecule has 19 heavy (non-hydrogen) atoms. The van der Waals surface area contributed by atoms with Gasteiger partial charge in [-0.2, -0.15) is 0 Å². The Labute approximate surface area is 113 Å². The molecule has 0 spiro atoms. The van der Waals surface area contributed by atoms with Crippen molar-refractivity contribution in [3.8, 4) is 5.75 Å². The number of hydrogen-bond acceptors (Lipinski definition) is 4. The summed E-state index contributed by atoms with van der Waals surface area (Å²) in [5, 5.41) is 20.9. The number of aromatic hydroxyl groups is 1. The van der Waals surface area contributed by atoms with Crippen molar-refractivity contribution in [3.63, 3.8) is 0 Å². The van der Waals surface area contributed by atoms with E-state index in [1.165, 1.54) is 0 Å². The average molecular weight is 266 g/mol. The summed E-state index contributed by atoms with van der Waals surface area (Å²) in [5.41, 5.74) is 6.75. The van der Waals surface area contributed by atoms with Crippen LogP contribution in [0.3, 0.4) is 0 Å². The van der Waals surface area contributed by atoms with E-state index in [-0.39, 0.29) is 24.3 Å². The van der Waals surface area contributed by atoms with Crippen LogP contribution in [0.2, 0.25) is 0 Å². The Morgan fingerprint density at radius 1 is 1.37 bits per heavy atom. The summed E-state index contributed by atoms with van der Waals surface area (Å²) >= 11 is 0. The molecule has 1 rings (SSSR count). The minimum Gasteiger partial charge on any atom is -0.508 e. The third kappa shape index (κ3) is 5.28. The fraction of sp³-hybridized carbons (Fsp3) is 0.500. The van der Waals surface area contributed by atoms with Gasteiger partial charge in [0.05, 0.1) is 6.04 Å². The minimum absolute atomic E-state index is 0.0385. The molecule has 2 atom stereocenters. The van der Waals surface area contributed by atoms with Gasteiger partial charge in [0, 0.05) is 12.6 Å². The SMILES string of the molecule is CCC(CCO)NC(=O)[C@H](N)Cc1ccc(O)cc1. The van der Waals surface area contributed by atoms with Crippen LogP contribution < -0.4 is 11.1 Å². The van der Waals surface area contributed by atoms with E-state index in [0.29, 0.717) is 12.8 Å². The second-order valence-electron chi connectivity index (χ2n) is 4.60. The highest BCUT2D eigenvalue weighted by Crippen LogP contribution is 2.11. The van der Waals surface area contributed by atoms with Gasteiger partial charge in [-0.25, -0.2) is 0 Å². The molecule has 5 nitrogen and oxygen atoms in total. The highest BCUT2D eigenvalue weighted by atomic mass is 16.3. The average Bonchev–Trinajstić information content (AvgIpc) is 2.40. The molecule has 106 valence electrons. The smallest absolute Gasteiger partial charge is 0.237 e. The van der Waals surface area contributed by atoms with E-state index >= 15 is 0 Å². The standard InChI is InChI=1S/C14H22N2O3/c1-2-11(7-8-17)16-14(19)13(15)9-10-3-5-12(18)6-4-10/h3-6,11,13,17-18H,2,7-9,15H2,1H3,(H,16,19)/t11?,13-/m1/s1. The van der Waals surface area contributed by atoms with Crippen LogP contribution in [0.4, 0.5) is 0 Å². The number of phenols is 1. The molecule has 0 radical (unpaired) electrons. The van der Waals surface area contributed by atoms with Gasteiger partial charge in [-0.3, -0.25) is 4.79 Å². The van der Waals surface area contributed by atoms with E-state index in [2.05, 4.69) is 5.32 Å². The van der Waals surface area contributed by atoms with Crippen molar-refractivity contribution in [1.82, 2.24) is 5.32 Å². The van der Waals surface area contributed by atoms with Crippen LogP contribution in [0.1, 0.15) is 25.3 Å². The molecule has 0 aromatic heterocycles. The third-order valence-electron chi connectivity index (χ3n) is 3.05. The zero-order valence-corrected chi connectivity index (χ0v) is 11.2. The fourth-order valence-electron chi connectivity index (χ4n) is 1.82. The topological polar surface area (TPSA) is 95.6 Å². The van der Waals surface area contributed by atoms with Gasteiger partial charge in [-0.1, -0.05) is 19.1 Å². The van der Waals surface area contributed by atoms with Gasteiger partial charge in [0.1, 0.15) is 5.75 Å². The zero-order chi connectivity index (χ0) is 14.3. The summed E-state index contributed by atoms with van der Waals surface area (Å²) < 4.78 is 0. The molecule has 0 fully saturated rings. The quantitative estimate of drug-likeness (QED) is 0.579. The van der Waals surface area contributed by atoms with Crippen LogP contribution in [-0.4, -0.2) is 34.8 Å². The molecule has 5 N–H and O–H groups in total. The first kappa shape index (κ1) is 15.5. The molecular weight excluding hydrogens is 244 g/mol. The molecule has 1 aromatic rings. The zero-order valence-electron chi connectivity index (χ0n) is 11.2. The number of carbonyl (C=O) groups is 1. The summed E-state index contributed by atoms with van der Waals surface area (Å²) in [7, 11) is 0. The van der Waals surface area contributed by atoms with Gasteiger partial charge in [0.15, 0.2) is 0 Å². The summed E-state index contributed by atoms with van der Waals surface area (Å²) in [6.07, 6.45) is 1.72. The lowest BCUT2D eigenvalue weighted by molar-refractivity contribution is -0.123. The van der Waals surface area contributed by atoms with Crippen LogP contribution in [0, 0.1) is 0 Å². The van der Waals surface area contributed by atoms with Crippen LogP contribution in [-0.2, 0) is 11.2 Å². The Morgan fingerprint density at radius 3 is 2.53 bits per heavy atom. The first-order valence-corrected chi connectivity index (χ1v) is 6.51. The molecule has 1 unspecified atom stereocenters. The van der Waals surface area contributed by atoms with Crippen molar-refractivity contribution < 1.29 is 15.0 Å². The number of aliphatic hydroxyl groups is 1. The normalized spacial score (nSPS) is 13.8. The second-order valence-corrected chi connectivity index (χ2v) is 4.60. The lowest BCUT2D eigenvalue weighted by Gasteiger charge is -2.19. The van der Waals surface area contributed by atoms with E-state index in [0.717, 1.165) is 12.0 Å². The predicted molar refractivity (Wildman–Crippen MR) is 73.7 cm³/mol. The fourth-order valence-corrected chi connectivity index (χ4v) is 1.82. The van der Waals surface area contributed by atoms with E-state index in [1.807, 2.05) is 6.92 Å². The number of hydrogen-bond donors (Lipinski definition) is 4. The van der Waals surface area contributed by atoms with Gasteiger partial charge in [-0.15, -0.1) is 0 Å². The summed E-state index contributed by atoms with van der Waals surface area (Å²) in [4.78, 5) is 11.9. The van der Waals surface area contributed by atoms with Crippen LogP contribution in [0.15, 0.2) is 24.3 Å². The van der Waals surface area contributed by atoms with Crippen LogP contribution in [0.5, 0.6) is 5.75 Å². The lowest BCUT2D eigenvalue weighted by atomic mass is 10.0. The highest BCUT2D eigenvalue weighted by Gasteiger charge is 2.17. The van der Waals surface area contributed by atoms with E-state index in [1.54, 1.807) is 24.3 Å². The first-order valence-electron chi connectivity index (χ1n) is 6.51. The minimum atomic E-state index is -0.628. The second kappa shape index (κ2) is 7.76.